The van der Waals surface area contributed by atoms with Gasteiger partial charge in [0.25, 0.3) is 5.91 Å². The van der Waals surface area contributed by atoms with Crippen LogP contribution in [-0.2, 0) is 9.53 Å². The number of nitrogens with zero attached hydrogens (tertiary/aromatic N) is 3. The second-order valence-electron chi connectivity index (χ2n) is 6.86. The van der Waals surface area contributed by atoms with Crippen LogP contribution in [0.3, 0.4) is 0 Å². The lowest BCUT2D eigenvalue weighted by atomic mass is 10.3. The first-order valence-electron chi connectivity index (χ1n) is 9.75. The summed E-state index contributed by atoms with van der Waals surface area (Å²) in [7, 11) is 1.63. The number of hydrogen-bond acceptors (Lipinski definition) is 4. The molecule has 1 fully saturated rings. The van der Waals surface area contributed by atoms with Gasteiger partial charge in [-0.05, 0) is 61.2 Å². The zero-order chi connectivity index (χ0) is 20.9. The molecule has 0 N–H and O–H groups in total. The molecule has 0 unspecified atom stereocenters. The Hall–Kier alpha value is -3.09. The van der Waals surface area contributed by atoms with E-state index in [9.17, 15) is 4.79 Å². The Morgan fingerprint density at radius 3 is 2.40 bits per heavy atom. The highest BCUT2D eigenvalue weighted by molar-refractivity contribution is 8.18. The van der Waals surface area contributed by atoms with E-state index < -0.39 is 0 Å². The summed E-state index contributed by atoms with van der Waals surface area (Å²) in [5.74, 6) is -0.0507. The van der Waals surface area contributed by atoms with Gasteiger partial charge in [-0.1, -0.05) is 36.4 Å². The van der Waals surface area contributed by atoms with Crippen molar-refractivity contribution in [1.82, 2.24) is 9.47 Å². The number of aryl methyl sites for hydroxylation is 1. The van der Waals surface area contributed by atoms with Crippen molar-refractivity contribution in [2.45, 2.75) is 6.92 Å². The number of thioether (sulfide) groups is 1. The number of benzene rings is 2. The Kier molecular flexibility index (Phi) is 6.16. The molecular formula is C24H23N3O2S. The number of rotatable bonds is 6. The third-order valence-corrected chi connectivity index (χ3v) is 5.79. The zero-order valence-corrected chi connectivity index (χ0v) is 17.8. The summed E-state index contributed by atoms with van der Waals surface area (Å²) in [4.78, 5) is 20.2. The van der Waals surface area contributed by atoms with Gasteiger partial charge in [0.2, 0.25) is 0 Å². The molecule has 1 aromatic heterocycles. The van der Waals surface area contributed by atoms with Gasteiger partial charge in [-0.2, -0.15) is 0 Å². The van der Waals surface area contributed by atoms with Crippen molar-refractivity contribution in [3.05, 3.63) is 89.1 Å². The lowest BCUT2D eigenvalue weighted by Crippen LogP contribution is -2.32. The van der Waals surface area contributed by atoms with Crippen molar-refractivity contribution in [2.75, 3.05) is 20.3 Å². The monoisotopic (exact) mass is 417 g/mol. The van der Waals surface area contributed by atoms with E-state index >= 15 is 0 Å². The average molecular weight is 418 g/mol. The Balaban J connectivity index is 1.71. The molecule has 3 aromatic rings. The third kappa shape index (κ3) is 4.25. The predicted octanol–water partition coefficient (Wildman–Crippen LogP) is 5.04. The van der Waals surface area contributed by atoms with Crippen LogP contribution in [0.15, 0.2) is 82.7 Å². The van der Waals surface area contributed by atoms with Gasteiger partial charge in [-0.15, -0.1) is 0 Å². The molecule has 30 heavy (non-hydrogen) atoms. The first kappa shape index (κ1) is 20.2. The first-order valence-corrected chi connectivity index (χ1v) is 10.6. The van der Waals surface area contributed by atoms with Crippen LogP contribution in [-0.4, -0.2) is 40.8 Å². The van der Waals surface area contributed by atoms with Crippen molar-refractivity contribution >= 4 is 34.6 Å². The number of carbonyl (C=O) groups excluding carboxylic acids is 1. The predicted molar refractivity (Wildman–Crippen MR) is 123 cm³/mol. The number of amidine groups is 1. The summed E-state index contributed by atoms with van der Waals surface area (Å²) in [5.41, 5.74) is 3.96. The van der Waals surface area contributed by atoms with Crippen molar-refractivity contribution in [1.29, 1.82) is 0 Å². The number of amides is 1. The molecule has 2 heterocycles. The number of carbonyl (C=O) groups is 1. The maximum absolute atomic E-state index is 13.2. The van der Waals surface area contributed by atoms with Crippen LogP contribution in [0.2, 0.25) is 0 Å². The lowest BCUT2D eigenvalue weighted by Gasteiger charge is -2.14. The number of hydrogen-bond donors (Lipinski definition) is 0. The van der Waals surface area contributed by atoms with E-state index in [-0.39, 0.29) is 5.91 Å². The summed E-state index contributed by atoms with van der Waals surface area (Å²) in [6, 6.07) is 23.9. The van der Waals surface area contributed by atoms with Crippen LogP contribution < -0.4 is 0 Å². The first-order chi connectivity index (χ1) is 14.7. The Morgan fingerprint density at radius 1 is 1.00 bits per heavy atom. The van der Waals surface area contributed by atoms with Gasteiger partial charge < -0.3 is 9.30 Å². The summed E-state index contributed by atoms with van der Waals surface area (Å²) >= 11 is 1.40. The topological polar surface area (TPSA) is 46.8 Å². The molecule has 4 rings (SSSR count). The third-order valence-electron chi connectivity index (χ3n) is 4.79. The summed E-state index contributed by atoms with van der Waals surface area (Å²) < 4.78 is 7.35. The Morgan fingerprint density at radius 2 is 1.70 bits per heavy atom. The molecule has 1 aliphatic heterocycles. The second kappa shape index (κ2) is 9.15. The molecule has 2 aromatic carbocycles. The van der Waals surface area contributed by atoms with Crippen LogP contribution >= 0.6 is 11.8 Å². The molecule has 0 radical (unpaired) electrons. The highest BCUT2D eigenvalue weighted by Gasteiger charge is 2.33. The molecule has 1 amide bonds. The summed E-state index contributed by atoms with van der Waals surface area (Å²) in [5, 5.41) is 0.670. The normalized spacial score (nSPS) is 16.7. The number of aromatic nitrogens is 1. The van der Waals surface area contributed by atoms with Crippen molar-refractivity contribution in [2.24, 2.45) is 4.99 Å². The van der Waals surface area contributed by atoms with Crippen LogP contribution in [0.1, 0.15) is 11.4 Å². The fourth-order valence-corrected chi connectivity index (χ4v) is 4.33. The quantitative estimate of drug-likeness (QED) is 0.528. The SMILES string of the molecule is COCCN1C(=O)/C(=C/c2ccc(C)n2-c2ccccc2)SC1=Nc1ccccc1. The molecule has 152 valence electrons. The van der Waals surface area contributed by atoms with Gasteiger partial charge in [-0.3, -0.25) is 9.69 Å². The molecule has 5 nitrogen and oxygen atoms in total. The maximum Gasteiger partial charge on any atom is 0.266 e. The van der Waals surface area contributed by atoms with E-state index in [1.165, 1.54) is 11.8 Å². The summed E-state index contributed by atoms with van der Waals surface area (Å²) in [6.07, 6.45) is 1.94. The largest absolute Gasteiger partial charge is 0.383 e. The van der Waals surface area contributed by atoms with Crippen LogP contribution in [0.4, 0.5) is 5.69 Å². The van der Waals surface area contributed by atoms with E-state index in [1.54, 1.807) is 12.0 Å². The Bertz CT molecular complexity index is 1090. The standard InChI is InChI=1S/C24H23N3O2S/c1-18-13-14-21(27(18)20-11-7-4-8-12-20)17-22-23(28)26(15-16-29-2)24(30-22)25-19-9-5-3-6-10-19/h3-14,17H,15-16H2,1-2H3/b22-17-,25-24?. The molecule has 0 saturated carbocycles. The maximum atomic E-state index is 13.2. The van der Waals surface area contributed by atoms with Crippen LogP contribution in [0.5, 0.6) is 0 Å². The van der Waals surface area contributed by atoms with Crippen LogP contribution in [0.25, 0.3) is 11.8 Å². The summed E-state index contributed by atoms with van der Waals surface area (Å²) in [6.45, 7) is 2.97. The van der Waals surface area contributed by atoms with Crippen molar-refractivity contribution < 1.29 is 9.53 Å². The highest BCUT2D eigenvalue weighted by Crippen LogP contribution is 2.34. The minimum atomic E-state index is -0.0507. The molecule has 0 atom stereocenters. The van der Waals surface area contributed by atoms with E-state index in [1.807, 2.05) is 60.7 Å². The fraction of sp³-hybridized carbons (Fsp3) is 0.167. The Labute approximate surface area is 180 Å². The molecule has 1 aliphatic rings. The smallest absolute Gasteiger partial charge is 0.266 e. The van der Waals surface area contributed by atoms with Crippen LogP contribution in [0, 0.1) is 6.92 Å². The molecule has 6 heteroatoms. The van der Waals surface area contributed by atoms with Gasteiger partial charge in [-0.25, -0.2) is 4.99 Å². The van der Waals surface area contributed by atoms with Gasteiger partial charge in [0.15, 0.2) is 5.17 Å². The lowest BCUT2D eigenvalue weighted by molar-refractivity contribution is -0.122. The van der Waals surface area contributed by atoms with Crippen molar-refractivity contribution in [3.8, 4) is 5.69 Å². The second-order valence-corrected chi connectivity index (χ2v) is 7.87. The average Bonchev–Trinajstić information content (AvgIpc) is 3.27. The van der Waals surface area contributed by atoms with Gasteiger partial charge >= 0.3 is 0 Å². The van der Waals surface area contributed by atoms with E-state index in [4.69, 9.17) is 9.73 Å². The van der Waals surface area contributed by atoms with E-state index in [0.717, 1.165) is 22.8 Å². The van der Waals surface area contributed by atoms with Gasteiger partial charge in [0, 0.05) is 24.2 Å². The van der Waals surface area contributed by atoms with Crippen molar-refractivity contribution in [3.63, 3.8) is 0 Å². The van der Waals surface area contributed by atoms with E-state index in [2.05, 4.69) is 29.7 Å². The highest BCUT2D eigenvalue weighted by atomic mass is 32.2. The molecule has 1 saturated heterocycles. The number of aliphatic imine (C=N–C) groups is 1. The molecule has 0 spiro atoms. The van der Waals surface area contributed by atoms with Gasteiger partial charge in [0.1, 0.15) is 0 Å². The number of ether oxygens (including phenoxy) is 1. The van der Waals surface area contributed by atoms with E-state index in [0.29, 0.717) is 23.2 Å². The molecule has 0 bridgehead atoms. The fourth-order valence-electron chi connectivity index (χ4n) is 3.32. The minimum absolute atomic E-state index is 0.0507. The van der Waals surface area contributed by atoms with Gasteiger partial charge in [0.05, 0.1) is 23.7 Å². The number of para-hydroxylation sites is 2. The molecule has 0 aliphatic carbocycles. The number of methoxy groups -OCH3 is 1. The molecular weight excluding hydrogens is 394 g/mol. The zero-order valence-electron chi connectivity index (χ0n) is 17.0. The minimum Gasteiger partial charge on any atom is -0.383 e.